The minimum absolute atomic E-state index is 0.138. The zero-order valence-electron chi connectivity index (χ0n) is 15.0. The van der Waals surface area contributed by atoms with E-state index in [1.54, 1.807) is 0 Å². The third-order valence-corrected chi connectivity index (χ3v) is 4.06. The maximum absolute atomic E-state index is 5.71. The molecule has 0 bridgehead atoms. The van der Waals surface area contributed by atoms with E-state index in [4.69, 9.17) is 17.0 Å². The summed E-state index contributed by atoms with van der Waals surface area (Å²) in [6, 6.07) is 14.4. The van der Waals surface area contributed by atoms with Gasteiger partial charge in [-0.15, -0.1) is 0 Å². The van der Waals surface area contributed by atoms with Gasteiger partial charge in [0.15, 0.2) is 5.11 Å². The average Bonchev–Trinajstić information content (AvgIpc) is 2.49. The van der Waals surface area contributed by atoms with Crippen molar-refractivity contribution in [3.8, 4) is 5.75 Å². The van der Waals surface area contributed by atoms with Crippen molar-refractivity contribution in [3.05, 3.63) is 59.2 Å². The molecule has 0 aromatic heterocycles. The molecule has 128 valence electrons. The first-order valence-electron chi connectivity index (χ1n) is 8.26. The van der Waals surface area contributed by atoms with Gasteiger partial charge in [-0.1, -0.05) is 24.3 Å². The molecule has 2 aromatic carbocycles. The minimum atomic E-state index is 0.138. The molecule has 0 fully saturated rings. The van der Waals surface area contributed by atoms with Crippen LogP contribution < -0.4 is 15.4 Å². The van der Waals surface area contributed by atoms with Gasteiger partial charge in [0, 0.05) is 11.8 Å². The van der Waals surface area contributed by atoms with Crippen LogP contribution in [0.5, 0.6) is 5.75 Å². The molecule has 3 nitrogen and oxygen atoms in total. The first-order chi connectivity index (χ1) is 11.3. The molecule has 0 amide bonds. The molecule has 0 heterocycles. The molecule has 0 spiro atoms. The summed E-state index contributed by atoms with van der Waals surface area (Å²) in [5, 5.41) is 7.15. The summed E-state index contributed by atoms with van der Waals surface area (Å²) in [6.07, 6.45) is 0.148. The Labute approximate surface area is 150 Å². The van der Waals surface area contributed by atoms with Crippen LogP contribution in [-0.4, -0.2) is 11.2 Å². The van der Waals surface area contributed by atoms with Crippen LogP contribution in [0, 0.1) is 13.8 Å². The number of nitrogens with one attached hydrogen (secondary N) is 2. The van der Waals surface area contributed by atoms with Gasteiger partial charge in [0.05, 0.1) is 12.1 Å². The van der Waals surface area contributed by atoms with E-state index in [1.807, 2.05) is 38.1 Å². The second-order valence-electron chi connectivity index (χ2n) is 6.36. The van der Waals surface area contributed by atoms with Gasteiger partial charge in [0.25, 0.3) is 0 Å². The number of hydrogen-bond donors (Lipinski definition) is 2. The quantitative estimate of drug-likeness (QED) is 0.737. The van der Waals surface area contributed by atoms with Crippen molar-refractivity contribution >= 4 is 23.0 Å². The molecule has 4 heteroatoms. The Morgan fingerprint density at radius 3 is 2.42 bits per heavy atom. The molecule has 1 unspecified atom stereocenters. The number of anilines is 1. The van der Waals surface area contributed by atoms with Gasteiger partial charge in [-0.25, -0.2) is 0 Å². The van der Waals surface area contributed by atoms with E-state index in [1.165, 1.54) is 16.7 Å². The van der Waals surface area contributed by atoms with E-state index >= 15 is 0 Å². The highest BCUT2D eigenvalue weighted by atomic mass is 32.1. The van der Waals surface area contributed by atoms with Crippen molar-refractivity contribution < 1.29 is 4.74 Å². The third kappa shape index (κ3) is 5.24. The zero-order chi connectivity index (χ0) is 17.7. The lowest BCUT2D eigenvalue weighted by molar-refractivity contribution is 0.242. The van der Waals surface area contributed by atoms with Crippen LogP contribution in [0.4, 0.5) is 5.69 Å². The Morgan fingerprint density at radius 1 is 1.00 bits per heavy atom. The summed E-state index contributed by atoms with van der Waals surface area (Å²) in [4.78, 5) is 0. The van der Waals surface area contributed by atoms with Crippen molar-refractivity contribution in [3.63, 3.8) is 0 Å². The Hall–Kier alpha value is -2.07. The number of thiocarbonyl (C=S) groups is 1. The molecule has 0 saturated heterocycles. The number of aryl methyl sites for hydroxylation is 2. The topological polar surface area (TPSA) is 33.3 Å². The van der Waals surface area contributed by atoms with Crippen LogP contribution in [0.15, 0.2) is 42.5 Å². The Kier molecular flexibility index (Phi) is 6.21. The highest BCUT2D eigenvalue weighted by Gasteiger charge is 2.08. The van der Waals surface area contributed by atoms with Gasteiger partial charge in [0.2, 0.25) is 0 Å². The van der Waals surface area contributed by atoms with E-state index in [2.05, 4.69) is 49.6 Å². The second-order valence-corrected chi connectivity index (χ2v) is 6.77. The summed E-state index contributed by atoms with van der Waals surface area (Å²) in [5.74, 6) is 0.833. The SMILES string of the molecule is Cc1ccc(C(C)NC(=S)Nc2cccc(OC(C)C)c2)cc1C. The molecule has 2 rings (SSSR count). The fourth-order valence-corrected chi connectivity index (χ4v) is 2.70. The summed E-state index contributed by atoms with van der Waals surface area (Å²) in [6.45, 7) is 10.4. The molecule has 0 radical (unpaired) electrons. The Morgan fingerprint density at radius 2 is 1.75 bits per heavy atom. The summed E-state index contributed by atoms with van der Waals surface area (Å²) in [7, 11) is 0. The van der Waals surface area contributed by atoms with E-state index in [-0.39, 0.29) is 12.1 Å². The van der Waals surface area contributed by atoms with E-state index < -0.39 is 0 Å². The number of rotatable bonds is 5. The molecule has 1 atom stereocenters. The monoisotopic (exact) mass is 342 g/mol. The van der Waals surface area contributed by atoms with Crippen LogP contribution in [0.3, 0.4) is 0 Å². The van der Waals surface area contributed by atoms with Gasteiger partial charge in [-0.2, -0.15) is 0 Å². The summed E-state index contributed by atoms with van der Waals surface area (Å²) < 4.78 is 5.71. The zero-order valence-corrected chi connectivity index (χ0v) is 15.8. The number of ether oxygens (including phenoxy) is 1. The Bertz CT molecular complexity index is 713. The molecular formula is C20H26N2OS. The smallest absolute Gasteiger partial charge is 0.171 e. The highest BCUT2D eigenvalue weighted by molar-refractivity contribution is 7.80. The van der Waals surface area contributed by atoms with Crippen LogP contribution in [0.25, 0.3) is 0 Å². The van der Waals surface area contributed by atoms with E-state index in [0.717, 1.165) is 11.4 Å². The standard InChI is InChI=1S/C20H26N2OS/c1-13(2)23-19-8-6-7-18(12-19)22-20(24)21-16(5)17-10-9-14(3)15(4)11-17/h6-13,16H,1-5H3,(H2,21,22,24). The van der Waals surface area contributed by atoms with Crippen LogP contribution in [-0.2, 0) is 0 Å². The maximum Gasteiger partial charge on any atom is 0.171 e. The van der Waals surface area contributed by atoms with E-state index in [9.17, 15) is 0 Å². The van der Waals surface area contributed by atoms with Crippen molar-refractivity contribution in [2.24, 2.45) is 0 Å². The summed E-state index contributed by atoms with van der Waals surface area (Å²) >= 11 is 5.44. The number of benzene rings is 2. The fraction of sp³-hybridized carbons (Fsp3) is 0.350. The lowest BCUT2D eigenvalue weighted by Crippen LogP contribution is -2.30. The molecule has 0 aliphatic carbocycles. The molecular weight excluding hydrogens is 316 g/mol. The lowest BCUT2D eigenvalue weighted by atomic mass is 10.0. The van der Waals surface area contributed by atoms with Gasteiger partial charge in [0.1, 0.15) is 5.75 Å². The predicted octanol–water partition coefficient (Wildman–Crippen LogP) is 5.14. The second kappa shape index (κ2) is 8.15. The molecule has 0 aliphatic heterocycles. The first kappa shape index (κ1) is 18.3. The molecule has 0 saturated carbocycles. The van der Waals surface area contributed by atoms with Crippen molar-refractivity contribution in [2.75, 3.05) is 5.32 Å². The van der Waals surface area contributed by atoms with Gasteiger partial charge >= 0.3 is 0 Å². The molecule has 0 aliphatic rings. The van der Waals surface area contributed by atoms with Crippen LogP contribution in [0.2, 0.25) is 0 Å². The number of hydrogen-bond acceptors (Lipinski definition) is 2. The lowest BCUT2D eigenvalue weighted by Gasteiger charge is -2.19. The highest BCUT2D eigenvalue weighted by Crippen LogP contribution is 2.20. The predicted molar refractivity (Wildman–Crippen MR) is 106 cm³/mol. The van der Waals surface area contributed by atoms with E-state index in [0.29, 0.717) is 5.11 Å². The van der Waals surface area contributed by atoms with Gasteiger partial charge in [-0.05, 0) is 75.7 Å². The molecule has 2 aromatic rings. The largest absolute Gasteiger partial charge is 0.491 e. The third-order valence-electron chi connectivity index (χ3n) is 3.84. The average molecular weight is 343 g/mol. The van der Waals surface area contributed by atoms with Crippen molar-refractivity contribution in [1.29, 1.82) is 0 Å². The maximum atomic E-state index is 5.71. The molecule has 24 heavy (non-hydrogen) atoms. The fourth-order valence-electron chi connectivity index (χ4n) is 2.40. The first-order valence-corrected chi connectivity index (χ1v) is 8.67. The van der Waals surface area contributed by atoms with Gasteiger partial charge < -0.3 is 15.4 Å². The minimum Gasteiger partial charge on any atom is -0.491 e. The molecule has 2 N–H and O–H groups in total. The normalized spacial score (nSPS) is 11.9. The van der Waals surface area contributed by atoms with Crippen molar-refractivity contribution in [1.82, 2.24) is 5.32 Å². The van der Waals surface area contributed by atoms with Gasteiger partial charge in [-0.3, -0.25) is 0 Å². The van der Waals surface area contributed by atoms with Crippen molar-refractivity contribution in [2.45, 2.75) is 46.8 Å². The van der Waals surface area contributed by atoms with Crippen LogP contribution in [0.1, 0.15) is 43.5 Å². The Balaban J connectivity index is 1.98. The van der Waals surface area contributed by atoms with Crippen LogP contribution >= 0.6 is 12.2 Å². The summed E-state index contributed by atoms with van der Waals surface area (Å²) in [5.41, 5.74) is 4.73.